The van der Waals surface area contributed by atoms with Gasteiger partial charge in [-0.15, -0.1) is 11.6 Å². The summed E-state index contributed by atoms with van der Waals surface area (Å²) in [5, 5.41) is 2.96. The molecule has 0 aliphatic heterocycles. The molecule has 0 saturated heterocycles. The Morgan fingerprint density at radius 1 is 1.71 bits per heavy atom. The highest BCUT2D eigenvalue weighted by molar-refractivity contribution is 6.18. The second-order valence-electron chi connectivity index (χ2n) is 3.07. The second-order valence-corrected chi connectivity index (χ2v) is 3.38. The minimum atomic E-state index is -0.105. The number of hydrogen-bond donors (Lipinski definition) is 1. The van der Waals surface area contributed by atoms with Crippen molar-refractivity contribution in [1.29, 1.82) is 0 Å². The van der Waals surface area contributed by atoms with Crippen LogP contribution in [-0.2, 0) is 6.54 Å². The van der Waals surface area contributed by atoms with Gasteiger partial charge in [0.1, 0.15) is 0 Å². The van der Waals surface area contributed by atoms with Crippen molar-refractivity contribution in [3.63, 3.8) is 0 Å². The Labute approximate surface area is 87.9 Å². The largest absolute Gasteiger partial charge is 0.362 e. The summed E-state index contributed by atoms with van der Waals surface area (Å²) >= 11 is 5.63. The molecular weight excluding hydrogens is 202 g/mol. The molecule has 1 unspecified atom stereocenters. The normalized spacial score (nSPS) is 12.5. The first-order valence-corrected chi connectivity index (χ1v) is 5.10. The van der Waals surface area contributed by atoms with E-state index in [9.17, 15) is 4.79 Å². The summed E-state index contributed by atoms with van der Waals surface area (Å²) in [7, 11) is 0. The zero-order valence-electron chi connectivity index (χ0n) is 8.33. The number of aromatic nitrogens is 2. The highest BCUT2D eigenvalue weighted by Crippen LogP contribution is 1.98. The lowest BCUT2D eigenvalue weighted by Crippen LogP contribution is -2.28. The molecule has 78 valence electrons. The number of nitrogens with one attached hydrogen (secondary N) is 1. The summed E-state index contributed by atoms with van der Waals surface area (Å²) in [5.74, 6) is 0.810. The average Bonchev–Trinajstić information content (AvgIpc) is 2.21. The van der Waals surface area contributed by atoms with Crippen molar-refractivity contribution in [1.82, 2.24) is 9.55 Å². The molecule has 0 fully saturated rings. The zero-order valence-corrected chi connectivity index (χ0v) is 9.08. The number of rotatable bonds is 4. The number of halogens is 1. The lowest BCUT2D eigenvalue weighted by atomic mass is 10.4. The number of anilines is 1. The summed E-state index contributed by atoms with van der Waals surface area (Å²) in [5.41, 5.74) is -0.105. The van der Waals surface area contributed by atoms with E-state index in [4.69, 9.17) is 11.6 Å². The third-order valence-corrected chi connectivity index (χ3v) is 2.33. The van der Waals surface area contributed by atoms with Gasteiger partial charge >= 0.3 is 0 Å². The van der Waals surface area contributed by atoms with Gasteiger partial charge in [0.05, 0.1) is 0 Å². The molecule has 1 atom stereocenters. The summed E-state index contributed by atoms with van der Waals surface area (Å²) in [4.78, 5) is 15.6. The molecule has 0 radical (unpaired) electrons. The van der Waals surface area contributed by atoms with Crippen molar-refractivity contribution in [2.45, 2.75) is 26.4 Å². The molecular formula is C9H14ClN3O. The Balaban J connectivity index is 2.93. The summed E-state index contributed by atoms with van der Waals surface area (Å²) in [6.45, 7) is 4.46. The molecule has 0 amide bonds. The minimum absolute atomic E-state index is 0.0459. The molecule has 0 bridgehead atoms. The summed E-state index contributed by atoms with van der Waals surface area (Å²) < 4.78 is 1.59. The first kappa shape index (κ1) is 11.0. The molecule has 14 heavy (non-hydrogen) atoms. The molecule has 1 N–H and O–H groups in total. The van der Waals surface area contributed by atoms with Crippen LogP contribution in [0.25, 0.3) is 0 Å². The first-order valence-electron chi connectivity index (χ1n) is 4.57. The third-order valence-electron chi connectivity index (χ3n) is 1.87. The highest BCUT2D eigenvalue weighted by atomic mass is 35.5. The fourth-order valence-electron chi connectivity index (χ4n) is 1.07. The van der Waals surface area contributed by atoms with Gasteiger partial charge < -0.3 is 9.88 Å². The molecule has 5 heteroatoms. The predicted octanol–water partition coefficient (Wildman–Crippen LogP) is 1.30. The van der Waals surface area contributed by atoms with Crippen LogP contribution in [0, 0.1) is 0 Å². The quantitative estimate of drug-likeness (QED) is 0.771. The highest BCUT2D eigenvalue weighted by Gasteiger charge is 2.06. The molecule has 0 aliphatic carbocycles. The lowest BCUT2D eigenvalue weighted by Gasteiger charge is -2.11. The van der Waals surface area contributed by atoms with Gasteiger partial charge in [0.2, 0.25) is 0 Å². The molecule has 4 nitrogen and oxygen atoms in total. The van der Waals surface area contributed by atoms with Gasteiger partial charge in [0.15, 0.2) is 5.82 Å². The molecule has 1 heterocycles. The Hall–Kier alpha value is -1.03. The fourth-order valence-corrected chi connectivity index (χ4v) is 1.14. The van der Waals surface area contributed by atoms with Crippen LogP contribution < -0.4 is 10.9 Å². The topological polar surface area (TPSA) is 46.9 Å². The zero-order chi connectivity index (χ0) is 10.6. The Kier molecular flexibility index (Phi) is 3.95. The molecule has 1 aromatic rings. The number of nitrogens with zero attached hydrogens (tertiary/aromatic N) is 2. The molecule has 0 saturated carbocycles. The monoisotopic (exact) mass is 215 g/mol. The van der Waals surface area contributed by atoms with Gasteiger partial charge in [-0.05, 0) is 13.8 Å². The van der Waals surface area contributed by atoms with Crippen molar-refractivity contribution in [2.24, 2.45) is 0 Å². The van der Waals surface area contributed by atoms with E-state index in [0.717, 1.165) is 0 Å². The SMILES string of the molecule is CCn1ccnc(NC(C)CCl)c1=O. The van der Waals surface area contributed by atoms with Crippen molar-refractivity contribution in [3.8, 4) is 0 Å². The van der Waals surface area contributed by atoms with Gasteiger partial charge in [-0.3, -0.25) is 4.79 Å². The van der Waals surface area contributed by atoms with Crippen LogP contribution in [0.5, 0.6) is 0 Å². The number of alkyl halides is 1. The lowest BCUT2D eigenvalue weighted by molar-refractivity contribution is 0.715. The van der Waals surface area contributed by atoms with E-state index in [0.29, 0.717) is 18.2 Å². The van der Waals surface area contributed by atoms with E-state index in [1.54, 1.807) is 17.0 Å². The van der Waals surface area contributed by atoms with Gasteiger partial charge in [-0.1, -0.05) is 0 Å². The van der Waals surface area contributed by atoms with E-state index in [2.05, 4.69) is 10.3 Å². The summed E-state index contributed by atoms with van der Waals surface area (Å²) in [6.07, 6.45) is 3.27. The van der Waals surface area contributed by atoms with Gasteiger partial charge in [0.25, 0.3) is 5.56 Å². The molecule has 0 aliphatic rings. The molecule has 1 aromatic heterocycles. The van der Waals surface area contributed by atoms with Crippen LogP contribution in [0.15, 0.2) is 17.2 Å². The van der Waals surface area contributed by atoms with Crippen LogP contribution >= 0.6 is 11.6 Å². The van der Waals surface area contributed by atoms with Crippen molar-refractivity contribution < 1.29 is 0 Å². The van der Waals surface area contributed by atoms with E-state index in [-0.39, 0.29) is 11.6 Å². The van der Waals surface area contributed by atoms with Crippen molar-refractivity contribution >= 4 is 17.4 Å². The van der Waals surface area contributed by atoms with Crippen LogP contribution in [-0.4, -0.2) is 21.5 Å². The van der Waals surface area contributed by atoms with Crippen LogP contribution in [0.2, 0.25) is 0 Å². The Bertz CT molecular complexity index is 350. The average molecular weight is 216 g/mol. The predicted molar refractivity (Wildman–Crippen MR) is 58.0 cm³/mol. The maximum Gasteiger partial charge on any atom is 0.293 e. The maximum atomic E-state index is 11.6. The molecule has 0 spiro atoms. The van der Waals surface area contributed by atoms with Crippen molar-refractivity contribution in [2.75, 3.05) is 11.2 Å². The number of hydrogen-bond acceptors (Lipinski definition) is 3. The van der Waals surface area contributed by atoms with E-state index in [1.165, 1.54) is 0 Å². The van der Waals surface area contributed by atoms with E-state index >= 15 is 0 Å². The summed E-state index contributed by atoms with van der Waals surface area (Å²) in [6, 6.07) is 0.0459. The van der Waals surface area contributed by atoms with Crippen LogP contribution in [0.3, 0.4) is 0 Å². The van der Waals surface area contributed by atoms with Crippen molar-refractivity contribution in [3.05, 3.63) is 22.7 Å². The smallest absolute Gasteiger partial charge is 0.293 e. The van der Waals surface area contributed by atoms with Crippen LogP contribution in [0.1, 0.15) is 13.8 Å². The number of aryl methyl sites for hydroxylation is 1. The van der Waals surface area contributed by atoms with Gasteiger partial charge in [-0.2, -0.15) is 0 Å². The van der Waals surface area contributed by atoms with Crippen LogP contribution in [0.4, 0.5) is 5.82 Å². The second kappa shape index (κ2) is 5.00. The van der Waals surface area contributed by atoms with Gasteiger partial charge in [-0.25, -0.2) is 4.98 Å². The first-order chi connectivity index (χ1) is 6.69. The Morgan fingerprint density at radius 2 is 2.43 bits per heavy atom. The minimum Gasteiger partial charge on any atom is -0.362 e. The standard InChI is InChI=1S/C9H14ClN3O/c1-3-13-5-4-11-8(9(13)14)12-7(2)6-10/h4-5,7H,3,6H2,1-2H3,(H,11,12). The third kappa shape index (κ3) is 2.48. The van der Waals surface area contributed by atoms with E-state index < -0.39 is 0 Å². The fraction of sp³-hybridized carbons (Fsp3) is 0.556. The Morgan fingerprint density at radius 3 is 3.00 bits per heavy atom. The molecule has 1 rings (SSSR count). The molecule has 0 aromatic carbocycles. The van der Waals surface area contributed by atoms with E-state index in [1.807, 2.05) is 13.8 Å². The maximum absolute atomic E-state index is 11.6. The van der Waals surface area contributed by atoms with Gasteiger partial charge in [0, 0.05) is 30.9 Å².